The molecule has 1 heterocycles. The van der Waals surface area contributed by atoms with Crippen LogP contribution < -0.4 is 10.1 Å². The van der Waals surface area contributed by atoms with Gasteiger partial charge in [0.15, 0.2) is 0 Å². The van der Waals surface area contributed by atoms with Gasteiger partial charge in [0.25, 0.3) is 0 Å². The molecule has 0 radical (unpaired) electrons. The molecule has 0 saturated heterocycles. The lowest BCUT2D eigenvalue weighted by atomic mass is 10.0. The normalized spacial score (nSPS) is 11.8. The smallest absolute Gasteiger partial charge is 0.226 e. The van der Waals surface area contributed by atoms with Crippen LogP contribution in [0.15, 0.2) is 73.1 Å². The van der Waals surface area contributed by atoms with Gasteiger partial charge in [-0.2, -0.15) is 0 Å². The van der Waals surface area contributed by atoms with E-state index in [2.05, 4.69) is 16.8 Å². The number of amides is 1. The fraction of sp³-hybridized carbons (Fsp3) is 0.227. The van der Waals surface area contributed by atoms with Crippen molar-refractivity contribution in [3.05, 3.63) is 84.2 Å². The molecular weight excluding hydrogens is 324 g/mol. The average Bonchev–Trinajstić information content (AvgIpc) is 3.21. The number of rotatable bonds is 7. The Kier molecular flexibility index (Phi) is 5.74. The second-order valence-corrected chi connectivity index (χ2v) is 6.23. The summed E-state index contributed by atoms with van der Waals surface area (Å²) in [5, 5.41) is 3.00. The van der Waals surface area contributed by atoms with Crippen molar-refractivity contribution in [3.63, 3.8) is 0 Å². The molecule has 1 aromatic heterocycles. The summed E-state index contributed by atoms with van der Waals surface area (Å²) in [6.45, 7) is 2.11. The number of anilines is 1. The Bertz CT molecular complexity index is 839. The predicted octanol–water partition coefficient (Wildman–Crippen LogP) is 4.68. The van der Waals surface area contributed by atoms with Crippen molar-refractivity contribution in [2.24, 2.45) is 0 Å². The third-order valence-electron chi connectivity index (χ3n) is 4.49. The summed E-state index contributed by atoms with van der Waals surface area (Å²) >= 11 is 0. The minimum Gasteiger partial charge on any atom is -0.497 e. The predicted molar refractivity (Wildman–Crippen MR) is 105 cm³/mol. The Labute approximate surface area is 154 Å². The molecule has 0 fully saturated rings. The molecule has 0 spiro atoms. The number of carbonyl (C=O) groups excluding carboxylic acids is 1. The molecule has 3 aromatic rings. The number of hydrogen-bond acceptors (Lipinski definition) is 2. The zero-order valence-electron chi connectivity index (χ0n) is 15.2. The van der Waals surface area contributed by atoms with Crippen molar-refractivity contribution in [1.82, 2.24) is 4.57 Å². The Balaban J connectivity index is 1.77. The zero-order valence-corrected chi connectivity index (χ0v) is 15.2. The van der Waals surface area contributed by atoms with Crippen LogP contribution in [0.1, 0.15) is 30.5 Å². The topological polar surface area (TPSA) is 43.3 Å². The molecule has 1 unspecified atom stereocenters. The number of nitrogens with one attached hydrogen (secondary N) is 1. The highest BCUT2D eigenvalue weighted by molar-refractivity contribution is 5.91. The maximum atomic E-state index is 12.6. The fourth-order valence-corrected chi connectivity index (χ4v) is 3.01. The summed E-state index contributed by atoms with van der Waals surface area (Å²) in [5.41, 5.74) is 3.12. The minimum absolute atomic E-state index is 0.0178. The van der Waals surface area contributed by atoms with Crippen molar-refractivity contribution in [2.45, 2.75) is 25.8 Å². The quantitative estimate of drug-likeness (QED) is 0.674. The van der Waals surface area contributed by atoms with E-state index in [1.165, 1.54) is 5.56 Å². The van der Waals surface area contributed by atoms with Crippen LogP contribution in [0.25, 0.3) is 0 Å². The van der Waals surface area contributed by atoms with Gasteiger partial charge in [0, 0.05) is 18.1 Å². The summed E-state index contributed by atoms with van der Waals surface area (Å²) < 4.78 is 7.39. The lowest BCUT2D eigenvalue weighted by molar-refractivity contribution is -0.116. The van der Waals surface area contributed by atoms with E-state index < -0.39 is 0 Å². The van der Waals surface area contributed by atoms with Crippen LogP contribution in [0.5, 0.6) is 5.75 Å². The van der Waals surface area contributed by atoms with Crippen LogP contribution in [0.4, 0.5) is 5.69 Å². The van der Waals surface area contributed by atoms with Gasteiger partial charge in [-0.15, -0.1) is 0 Å². The maximum absolute atomic E-state index is 12.6. The first-order chi connectivity index (χ1) is 12.7. The number of methoxy groups -OCH3 is 1. The highest BCUT2D eigenvalue weighted by Gasteiger charge is 2.18. The van der Waals surface area contributed by atoms with Gasteiger partial charge >= 0.3 is 0 Å². The Hall–Kier alpha value is -3.01. The molecule has 4 nitrogen and oxygen atoms in total. The number of ether oxygens (including phenoxy) is 1. The molecule has 26 heavy (non-hydrogen) atoms. The summed E-state index contributed by atoms with van der Waals surface area (Å²) in [4.78, 5) is 12.6. The van der Waals surface area contributed by atoms with Gasteiger partial charge in [-0.1, -0.05) is 31.2 Å². The molecule has 0 bridgehead atoms. The van der Waals surface area contributed by atoms with Gasteiger partial charge in [-0.25, -0.2) is 0 Å². The number of benzene rings is 2. The van der Waals surface area contributed by atoms with Crippen LogP contribution in [0.3, 0.4) is 0 Å². The highest BCUT2D eigenvalue weighted by Crippen LogP contribution is 2.26. The maximum Gasteiger partial charge on any atom is 0.226 e. The van der Waals surface area contributed by atoms with Gasteiger partial charge in [0.2, 0.25) is 5.91 Å². The van der Waals surface area contributed by atoms with Crippen LogP contribution in [0, 0.1) is 0 Å². The van der Waals surface area contributed by atoms with Gasteiger partial charge in [-0.05, 0) is 53.9 Å². The first-order valence-corrected chi connectivity index (χ1v) is 8.84. The zero-order chi connectivity index (χ0) is 18.4. The first-order valence-electron chi connectivity index (χ1n) is 8.84. The molecule has 1 atom stereocenters. The number of nitrogens with zero attached hydrogens (tertiary/aromatic N) is 1. The third kappa shape index (κ3) is 4.33. The van der Waals surface area contributed by atoms with Gasteiger partial charge < -0.3 is 14.6 Å². The molecule has 0 aliphatic rings. The average molecular weight is 348 g/mol. The Morgan fingerprint density at radius 1 is 1.08 bits per heavy atom. The van der Waals surface area contributed by atoms with E-state index in [-0.39, 0.29) is 11.9 Å². The van der Waals surface area contributed by atoms with Gasteiger partial charge in [-0.3, -0.25) is 4.79 Å². The summed E-state index contributed by atoms with van der Waals surface area (Å²) in [7, 11) is 1.65. The van der Waals surface area contributed by atoms with Crippen molar-refractivity contribution in [1.29, 1.82) is 0 Å². The SMILES string of the molecule is CCc1ccc(NC(=O)CC(c2cccc(OC)c2)n2cccc2)cc1. The number of hydrogen-bond donors (Lipinski definition) is 1. The molecule has 0 aliphatic heterocycles. The van der Waals surface area contributed by atoms with Crippen molar-refractivity contribution in [3.8, 4) is 5.75 Å². The van der Waals surface area contributed by atoms with Crippen LogP contribution in [-0.4, -0.2) is 17.6 Å². The van der Waals surface area contributed by atoms with Crippen LogP contribution in [-0.2, 0) is 11.2 Å². The summed E-state index contributed by atoms with van der Waals surface area (Å²) in [5.74, 6) is 0.769. The summed E-state index contributed by atoms with van der Waals surface area (Å²) in [6, 6.07) is 19.7. The molecule has 1 N–H and O–H groups in total. The molecule has 0 aliphatic carbocycles. The molecule has 3 rings (SSSR count). The third-order valence-corrected chi connectivity index (χ3v) is 4.49. The lowest BCUT2D eigenvalue weighted by Gasteiger charge is -2.20. The second kappa shape index (κ2) is 8.39. The van der Waals surface area contributed by atoms with Gasteiger partial charge in [0.05, 0.1) is 19.6 Å². The minimum atomic E-state index is -0.0879. The molecule has 2 aromatic carbocycles. The largest absolute Gasteiger partial charge is 0.497 e. The van der Waals surface area contributed by atoms with Gasteiger partial charge in [0.1, 0.15) is 5.75 Å². The molecular formula is C22H24N2O2. The van der Waals surface area contributed by atoms with E-state index in [0.29, 0.717) is 6.42 Å². The first kappa shape index (κ1) is 17.8. The van der Waals surface area contributed by atoms with Crippen molar-refractivity contribution >= 4 is 11.6 Å². The van der Waals surface area contributed by atoms with Crippen molar-refractivity contribution < 1.29 is 9.53 Å². The van der Waals surface area contributed by atoms with E-state index >= 15 is 0 Å². The van der Waals surface area contributed by atoms with E-state index in [4.69, 9.17) is 4.74 Å². The van der Waals surface area contributed by atoms with Crippen molar-refractivity contribution in [2.75, 3.05) is 12.4 Å². The second-order valence-electron chi connectivity index (χ2n) is 6.23. The molecule has 1 amide bonds. The summed E-state index contributed by atoms with van der Waals surface area (Å²) in [6.07, 6.45) is 5.29. The molecule has 134 valence electrons. The highest BCUT2D eigenvalue weighted by atomic mass is 16.5. The van der Waals surface area contributed by atoms with E-state index in [1.54, 1.807) is 7.11 Å². The fourth-order valence-electron chi connectivity index (χ4n) is 3.01. The molecule has 0 saturated carbocycles. The Morgan fingerprint density at radius 2 is 1.81 bits per heavy atom. The number of aromatic nitrogens is 1. The lowest BCUT2D eigenvalue weighted by Crippen LogP contribution is -2.19. The van der Waals surface area contributed by atoms with Crippen LogP contribution >= 0.6 is 0 Å². The van der Waals surface area contributed by atoms with E-state index in [9.17, 15) is 4.79 Å². The molecule has 4 heteroatoms. The Morgan fingerprint density at radius 3 is 2.46 bits per heavy atom. The number of aryl methyl sites for hydroxylation is 1. The van der Waals surface area contributed by atoms with E-state index in [1.807, 2.05) is 73.1 Å². The standard InChI is InChI=1S/C22H24N2O2/c1-3-17-9-11-19(12-10-17)23-22(25)16-21(24-13-4-5-14-24)18-7-6-8-20(15-18)26-2/h4-15,21H,3,16H2,1-2H3,(H,23,25). The van der Waals surface area contributed by atoms with E-state index in [0.717, 1.165) is 23.4 Å². The van der Waals surface area contributed by atoms with Crippen LogP contribution in [0.2, 0.25) is 0 Å². The number of carbonyl (C=O) groups is 1. The monoisotopic (exact) mass is 348 g/mol.